The van der Waals surface area contributed by atoms with Crippen LogP contribution in [-0.4, -0.2) is 0 Å². The summed E-state index contributed by atoms with van der Waals surface area (Å²) >= 11 is -0.826. The summed E-state index contributed by atoms with van der Waals surface area (Å²) in [5.74, 6) is 0.890. The zero-order valence-electron chi connectivity index (χ0n) is 11.7. The van der Waals surface area contributed by atoms with E-state index in [2.05, 4.69) is 54.6 Å². The molecule has 0 amide bonds. The van der Waals surface area contributed by atoms with Crippen LogP contribution in [0.15, 0.2) is 54.1 Å². The molecular weight excluding hydrogens is 378 g/mol. The molecule has 0 nitrogen and oxygen atoms in total. The van der Waals surface area contributed by atoms with Crippen LogP contribution >= 0.6 is 17.0 Å². The summed E-state index contributed by atoms with van der Waals surface area (Å²) in [4.78, 5) is 0. The molecule has 0 heterocycles. The van der Waals surface area contributed by atoms with E-state index in [-0.39, 0.29) is 0 Å². The Morgan fingerprint density at radius 2 is 1.62 bits per heavy atom. The fourth-order valence-electron chi connectivity index (χ4n) is 2.98. The minimum atomic E-state index is -0.826. The van der Waals surface area contributed by atoms with Crippen LogP contribution in [-0.2, 0) is 27.3 Å². The first-order chi connectivity index (χ1) is 10.3. The average molecular weight is 394 g/mol. The fraction of sp³-hybridized carbons (Fsp3) is 0.222. The Balaban J connectivity index is 0.000000409. The molecule has 21 heavy (non-hydrogen) atoms. The molecule has 0 radical (unpaired) electrons. The number of hydrogen-bond acceptors (Lipinski definition) is 0. The van der Waals surface area contributed by atoms with Gasteiger partial charge in [-0.25, -0.2) is 0 Å². The van der Waals surface area contributed by atoms with E-state index in [0.717, 1.165) is 5.92 Å². The molecule has 0 N–H and O–H groups in total. The van der Waals surface area contributed by atoms with Crippen LogP contribution in [0.1, 0.15) is 24.0 Å². The summed E-state index contributed by atoms with van der Waals surface area (Å²) < 4.78 is 0. The molecule has 2 aliphatic rings. The van der Waals surface area contributed by atoms with E-state index in [4.69, 9.17) is 17.0 Å². The molecule has 0 aromatic heterocycles. The van der Waals surface area contributed by atoms with Crippen molar-refractivity contribution in [3.8, 4) is 11.1 Å². The quantitative estimate of drug-likeness (QED) is 0.579. The van der Waals surface area contributed by atoms with Crippen molar-refractivity contribution < 1.29 is 20.8 Å². The number of halogens is 2. The number of fused-ring (bicyclic) bond motifs is 1. The predicted molar refractivity (Wildman–Crippen MR) is 88.0 cm³/mol. The van der Waals surface area contributed by atoms with Gasteiger partial charge in [-0.2, -0.15) is 0 Å². The first-order valence-corrected chi connectivity index (χ1v) is 13.5. The van der Waals surface area contributed by atoms with Crippen molar-refractivity contribution in [1.29, 1.82) is 0 Å². The van der Waals surface area contributed by atoms with Gasteiger partial charge in [0, 0.05) is 0 Å². The van der Waals surface area contributed by atoms with Crippen LogP contribution in [0.3, 0.4) is 0 Å². The van der Waals surface area contributed by atoms with Crippen LogP contribution in [0.25, 0.3) is 17.2 Å². The molecule has 2 aromatic carbocycles. The summed E-state index contributed by atoms with van der Waals surface area (Å²) in [7, 11) is 9.87. The third-order valence-electron chi connectivity index (χ3n) is 4.11. The van der Waals surface area contributed by atoms with Gasteiger partial charge in [-0.05, 0) is 47.4 Å². The monoisotopic (exact) mass is 392 g/mol. The van der Waals surface area contributed by atoms with Crippen molar-refractivity contribution in [2.45, 2.75) is 19.3 Å². The molecular formula is C18H16Cl2Zr. The van der Waals surface area contributed by atoms with Gasteiger partial charge in [0.1, 0.15) is 0 Å². The fourth-order valence-corrected chi connectivity index (χ4v) is 2.98. The molecule has 2 aromatic rings. The van der Waals surface area contributed by atoms with Gasteiger partial charge in [0.2, 0.25) is 0 Å². The zero-order chi connectivity index (χ0) is 14.7. The van der Waals surface area contributed by atoms with Gasteiger partial charge < -0.3 is 0 Å². The summed E-state index contributed by atoms with van der Waals surface area (Å²) in [5.41, 5.74) is 7.36. The minimum absolute atomic E-state index is 0.826. The SMILES string of the molecule is C1=C(C2CC2)Cc2cccc(-c3ccccc3)c21.[Cl][Zr][Cl]. The Morgan fingerprint density at radius 1 is 0.905 bits per heavy atom. The summed E-state index contributed by atoms with van der Waals surface area (Å²) in [6.45, 7) is 0. The standard InChI is InChI=1S/C18H16.2ClH.Zr/c1-2-5-14(6-3-1)17-8-4-7-15-11-16(12-18(15)17)13-9-10-13;;;/h1-8,12-13H,9-11H2;2*1H;/q;;;+2/p-2. The second-order valence-corrected chi connectivity index (χ2v) is 9.22. The van der Waals surface area contributed by atoms with Crippen molar-refractivity contribution in [3.63, 3.8) is 0 Å². The average Bonchev–Trinajstić information content (AvgIpc) is 3.27. The van der Waals surface area contributed by atoms with Crippen LogP contribution in [0.4, 0.5) is 0 Å². The second-order valence-electron chi connectivity index (χ2n) is 5.49. The first kappa shape index (κ1) is 15.5. The molecule has 1 fully saturated rings. The molecule has 0 atom stereocenters. The number of rotatable bonds is 2. The third kappa shape index (κ3) is 3.70. The third-order valence-corrected chi connectivity index (χ3v) is 4.11. The van der Waals surface area contributed by atoms with Crippen LogP contribution in [0.2, 0.25) is 0 Å². The summed E-state index contributed by atoms with van der Waals surface area (Å²) in [6, 6.07) is 17.5. The van der Waals surface area contributed by atoms with Gasteiger partial charge in [0.25, 0.3) is 0 Å². The molecule has 0 saturated heterocycles. The predicted octanol–water partition coefficient (Wildman–Crippen LogP) is 6.08. The van der Waals surface area contributed by atoms with Gasteiger partial charge >= 0.3 is 37.9 Å². The van der Waals surface area contributed by atoms with Crippen molar-refractivity contribution in [2.24, 2.45) is 5.92 Å². The second kappa shape index (κ2) is 7.27. The molecule has 3 heteroatoms. The Kier molecular flexibility index (Phi) is 5.38. The maximum atomic E-state index is 4.93. The van der Waals surface area contributed by atoms with E-state index in [9.17, 15) is 0 Å². The topological polar surface area (TPSA) is 0 Å². The molecule has 0 bridgehead atoms. The molecule has 0 aliphatic heterocycles. The maximum absolute atomic E-state index is 4.93. The Hall–Kier alpha value is -0.357. The van der Waals surface area contributed by atoms with E-state index in [1.54, 1.807) is 5.57 Å². The van der Waals surface area contributed by atoms with Gasteiger partial charge in [0.05, 0.1) is 0 Å². The summed E-state index contributed by atoms with van der Waals surface area (Å²) in [6.07, 6.45) is 6.44. The van der Waals surface area contributed by atoms with E-state index >= 15 is 0 Å². The van der Waals surface area contributed by atoms with Crippen LogP contribution in [0, 0.1) is 5.92 Å². The van der Waals surface area contributed by atoms with E-state index < -0.39 is 20.8 Å². The van der Waals surface area contributed by atoms with Crippen molar-refractivity contribution in [2.75, 3.05) is 0 Å². The van der Waals surface area contributed by atoms with Crippen molar-refractivity contribution in [3.05, 3.63) is 65.2 Å². The van der Waals surface area contributed by atoms with Gasteiger partial charge in [0.15, 0.2) is 0 Å². The zero-order valence-corrected chi connectivity index (χ0v) is 15.6. The Morgan fingerprint density at radius 3 is 2.29 bits per heavy atom. The van der Waals surface area contributed by atoms with Crippen molar-refractivity contribution in [1.82, 2.24) is 0 Å². The molecule has 2 aliphatic carbocycles. The van der Waals surface area contributed by atoms with Crippen LogP contribution in [0.5, 0.6) is 0 Å². The molecule has 0 unspecified atom stereocenters. The Bertz CT molecular complexity index is 646. The summed E-state index contributed by atoms with van der Waals surface area (Å²) in [5, 5.41) is 0. The Labute approximate surface area is 144 Å². The van der Waals surface area contributed by atoms with Crippen molar-refractivity contribution >= 4 is 23.1 Å². The number of allylic oxidation sites excluding steroid dienone is 1. The van der Waals surface area contributed by atoms with E-state index in [1.807, 2.05) is 0 Å². The van der Waals surface area contributed by atoms with Gasteiger partial charge in [-0.3, -0.25) is 0 Å². The molecule has 4 rings (SSSR count). The number of hydrogen-bond donors (Lipinski definition) is 0. The van der Waals surface area contributed by atoms with Gasteiger partial charge in [-0.1, -0.05) is 60.2 Å². The van der Waals surface area contributed by atoms with E-state index in [1.165, 1.54) is 41.5 Å². The molecule has 1 saturated carbocycles. The van der Waals surface area contributed by atoms with Crippen LogP contribution < -0.4 is 0 Å². The van der Waals surface area contributed by atoms with Gasteiger partial charge in [-0.15, -0.1) is 0 Å². The first-order valence-electron chi connectivity index (χ1n) is 7.17. The molecule has 0 spiro atoms. The molecule has 106 valence electrons. The van der Waals surface area contributed by atoms with E-state index in [0.29, 0.717) is 0 Å². The number of benzene rings is 2. The normalized spacial score (nSPS) is 15.6.